The van der Waals surface area contributed by atoms with Crippen LogP contribution in [0, 0.1) is 6.92 Å². The van der Waals surface area contributed by atoms with Gasteiger partial charge in [-0.3, -0.25) is 14.5 Å². The maximum absolute atomic E-state index is 13.5. The Bertz CT molecular complexity index is 1230. The number of methoxy groups -OCH3 is 1. The molecule has 1 aromatic heterocycles. The number of benzene rings is 2. The van der Waals surface area contributed by atoms with Crippen LogP contribution in [0.15, 0.2) is 72.0 Å². The highest BCUT2D eigenvalue weighted by Gasteiger charge is 2.45. The van der Waals surface area contributed by atoms with E-state index in [0.29, 0.717) is 28.3 Å². The number of aromatic nitrogens is 2. The number of carbonyl (C=O) groups excluding carboxylic acids is 2. The van der Waals surface area contributed by atoms with Gasteiger partial charge < -0.3 is 14.6 Å². The standard InChI is InChI=1S/C26H25N3O5/c1-15(2)34-20-12-6-17(7-13-20)23-22(24(30)18-8-10-19(33-4)11-9-18)25(31)26(32)29(23)21-14-5-16(3)27-28-21/h5-15,23,31H,1-4H3. The van der Waals surface area contributed by atoms with Gasteiger partial charge >= 0.3 is 0 Å². The molecule has 3 aromatic rings. The number of carbonyl (C=O) groups is 2. The number of anilines is 1. The van der Waals surface area contributed by atoms with Crippen LogP contribution in [0.2, 0.25) is 0 Å². The number of hydrogen-bond donors (Lipinski definition) is 1. The molecule has 8 heteroatoms. The summed E-state index contributed by atoms with van der Waals surface area (Å²) in [6.07, 6.45) is -0.00519. The van der Waals surface area contributed by atoms with Gasteiger partial charge in [-0.15, -0.1) is 5.10 Å². The van der Waals surface area contributed by atoms with Crippen molar-refractivity contribution in [2.24, 2.45) is 0 Å². The van der Waals surface area contributed by atoms with E-state index in [2.05, 4.69) is 10.2 Å². The average Bonchev–Trinajstić information content (AvgIpc) is 3.10. The maximum Gasteiger partial charge on any atom is 0.295 e. The van der Waals surface area contributed by atoms with E-state index < -0.39 is 23.5 Å². The van der Waals surface area contributed by atoms with Crippen molar-refractivity contribution in [2.45, 2.75) is 32.9 Å². The van der Waals surface area contributed by atoms with Gasteiger partial charge in [0.15, 0.2) is 17.4 Å². The first-order valence-corrected chi connectivity index (χ1v) is 10.8. The second-order valence-corrected chi connectivity index (χ2v) is 8.17. The molecule has 0 fully saturated rings. The molecule has 2 heterocycles. The number of hydrogen-bond acceptors (Lipinski definition) is 7. The van der Waals surface area contributed by atoms with E-state index in [1.807, 2.05) is 13.8 Å². The molecule has 1 N–H and O–H groups in total. The summed E-state index contributed by atoms with van der Waals surface area (Å²) in [6, 6.07) is 16.0. The molecule has 2 aromatic carbocycles. The van der Waals surface area contributed by atoms with Gasteiger partial charge in [-0.1, -0.05) is 12.1 Å². The zero-order chi connectivity index (χ0) is 24.4. The summed E-state index contributed by atoms with van der Waals surface area (Å²) in [5.41, 5.74) is 1.58. The number of amides is 1. The Balaban J connectivity index is 1.81. The minimum Gasteiger partial charge on any atom is -0.503 e. The summed E-state index contributed by atoms with van der Waals surface area (Å²) in [4.78, 5) is 28.0. The fraction of sp³-hybridized carbons (Fsp3) is 0.231. The Morgan fingerprint density at radius 1 is 0.971 bits per heavy atom. The summed E-state index contributed by atoms with van der Waals surface area (Å²) < 4.78 is 10.9. The Morgan fingerprint density at radius 2 is 1.62 bits per heavy atom. The highest BCUT2D eigenvalue weighted by atomic mass is 16.5. The van der Waals surface area contributed by atoms with Gasteiger partial charge in [-0.05, 0) is 74.9 Å². The number of Topliss-reactive ketones (excluding diaryl/α,β-unsaturated/α-hetero) is 1. The van der Waals surface area contributed by atoms with Crippen LogP contribution in [-0.2, 0) is 4.79 Å². The van der Waals surface area contributed by atoms with Crippen molar-refractivity contribution in [1.29, 1.82) is 0 Å². The number of ether oxygens (including phenoxy) is 2. The molecule has 0 aliphatic carbocycles. The highest BCUT2D eigenvalue weighted by Crippen LogP contribution is 2.41. The van der Waals surface area contributed by atoms with Gasteiger partial charge in [0.05, 0.1) is 30.5 Å². The third-order valence-electron chi connectivity index (χ3n) is 5.40. The van der Waals surface area contributed by atoms with Gasteiger partial charge in [0.25, 0.3) is 5.91 Å². The molecule has 1 aliphatic heterocycles. The highest BCUT2D eigenvalue weighted by molar-refractivity contribution is 6.20. The number of aryl methyl sites for hydroxylation is 1. The first kappa shape index (κ1) is 23.0. The molecular weight excluding hydrogens is 434 g/mol. The molecule has 0 saturated carbocycles. The Morgan fingerprint density at radius 3 is 2.18 bits per heavy atom. The monoisotopic (exact) mass is 459 g/mol. The topological polar surface area (TPSA) is 102 Å². The lowest BCUT2D eigenvalue weighted by Crippen LogP contribution is -2.32. The third kappa shape index (κ3) is 4.34. The van der Waals surface area contributed by atoms with Crippen molar-refractivity contribution in [3.8, 4) is 11.5 Å². The molecule has 34 heavy (non-hydrogen) atoms. The van der Waals surface area contributed by atoms with Crippen LogP contribution in [-0.4, -0.2) is 40.2 Å². The number of aliphatic hydroxyl groups is 1. The van der Waals surface area contributed by atoms with Gasteiger partial charge in [0.1, 0.15) is 11.5 Å². The zero-order valence-corrected chi connectivity index (χ0v) is 19.4. The predicted molar refractivity (Wildman–Crippen MR) is 126 cm³/mol. The van der Waals surface area contributed by atoms with Crippen LogP contribution in [0.25, 0.3) is 0 Å². The van der Waals surface area contributed by atoms with E-state index >= 15 is 0 Å². The largest absolute Gasteiger partial charge is 0.503 e. The molecule has 4 rings (SSSR count). The smallest absolute Gasteiger partial charge is 0.295 e. The second kappa shape index (κ2) is 9.35. The molecule has 0 radical (unpaired) electrons. The van der Waals surface area contributed by atoms with E-state index in [-0.39, 0.29) is 17.5 Å². The van der Waals surface area contributed by atoms with E-state index in [0.717, 1.165) is 0 Å². The molecule has 0 spiro atoms. The third-order valence-corrected chi connectivity index (χ3v) is 5.40. The number of aliphatic hydroxyl groups excluding tert-OH is 1. The van der Waals surface area contributed by atoms with E-state index in [1.54, 1.807) is 67.6 Å². The normalized spacial score (nSPS) is 15.7. The molecule has 0 bridgehead atoms. The van der Waals surface area contributed by atoms with Crippen LogP contribution >= 0.6 is 0 Å². The Labute approximate surface area is 197 Å². The second-order valence-electron chi connectivity index (χ2n) is 8.17. The van der Waals surface area contributed by atoms with Gasteiger partial charge in [0, 0.05) is 5.56 Å². The lowest BCUT2D eigenvalue weighted by atomic mass is 9.92. The SMILES string of the molecule is COc1ccc(C(=O)C2=C(O)C(=O)N(c3ccc(C)nn3)C2c2ccc(OC(C)C)cc2)cc1. The molecule has 1 amide bonds. The summed E-state index contributed by atoms with van der Waals surface area (Å²) >= 11 is 0. The fourth-order valence-corrected chi connectivity index (χ4v) is 3.81. The van der Waals surface area contributed by atoms with Gasteiger partial charge in [0.2, 0.25) is 0 Å². The zero-order valence-electron chi connectivity index (χ0n) is 19.4. The van der Waals surface area contributed by atoms with E-state index in [1.165, 1.54) is 12.0 Å². The Kier molecular flexibility index (Phi) is 6.32. The summed E-state index contributed by atoms with van der Waals surface area (Å²) in [6.45, 7) is 5.63. The molecule has 8 nitrogen and oxygen atoms in total. The molecular formula is C26H25N3O5. The lowest BCUT2D eigenvalue weighted by Gasteiger charge is -2.26. The summed E-state index contributed by atoms with van der Waals surface area (Å²) in [5.74, 6) is -0.332. The van der Waals surface area contributed by atoms with E-state index in [9.17, 15) is 14.7 Å². The molecule has 1 unspecified atom stereocenters. The van der Waals surface area contributed by atoms with Crippen molar-refractivity contribution >= 4 is 17.5 Å². The van der Waals surface area contributed by atoms with Crippen molar-refractivity contribution in [3.63, 3.8) is 0 Å². The lowest BCUT2D eigenvalue weighted by molar-refractivity contribution is -0.117. The predicted octanol–water partition coefficient (Wildman–Crippen LogP) is 4.36. The number of ketones is 1. The van der Waals surface area contributed by atoms with Crippen LogP contribution in [0.1, 0.15) is 41.5 Å². The van der Waals surface area contributed by atoms with Crippen LogP contribution < -0.4 is 14.4 Å². The summed E-state index contributed by atoms with van der Waals surface area (Å²) in [7, 11) is 1.53. The van der Waals surface area contributed by atoms with Gasteiger partial charge in [-0.25, -0.2) is 0 Å². The van der Waals surface area contributed by atoms with Gasteiger partial charge in [-0.2, -0.15) is 5.10 Å². The maximum atomic E-state index is 13.5. The molecule has 174 valence electrons. The fourth-order valence-electron chi connectivity index (χ4n) is 3.81. The van der Waals surface area contributed by atoms with Crippen molar-refractivity contribution in [3.05, 3.63) is 88.8 Å². The Hall–Kier alpha value is -4.20. The first-order valence-electron chi connectivity index (χ1n) is 10.8. The summed E-state index contributed by atoms with van der Waals surface area (Å²) in [5, 5.41) is 19.0. The van der Waals surface area contributed by atoms with Crippen molar-refractivity contribution < 1.29 is 24.2 Å². The quantitative estimate of drug-likeness (QED) is 0.524. The molecule has 0 saturated heterocycles. The van der Waals surface area contributed by atoms with Crippen molar-refractivity contribution in [1.82, 2.24) is 10.2 Å². The van der Waals surface area contributed by atoms with Crippen LogP contribution in [0.5, 0.6) is 11.5 Å². The molecule has 1 atom stereocenters. The average molecular weight is 460 g/mol. The van der Waals surface area contributed by atoms with Crippen molar-refractivity contribution in [2.75, 3.05) is 12.0 Å². The number of rotatable bonds is 7. The molecule has 1 aliphatic rings. The number of nitrogens with zero attached hydrogens (tertiary/aromatic N) is 3. The van der Waals surface area contributed by atoms with Crippen LogP contribution in [0.4, 0.5) is 5.82 Å². The minimum absolute atomic E-state index is 0.00519. The first-order chi connectivity index (χ1) is 16.3. The van der Waals surface area contributed by atoms with E-state index in [4.69, 9.17) is 9.47 Å². The minimum atomic E-state index is -0.896. The van der Waals surface area contributed by atoms with Crippen LogP contribution in [0.3, 0.4) is 0 Å².